The Labute approximate surface area is 141 Å². The van der Waals surface area contributed by atoms with Gasteiger partial charge in [-0.25, -0.2) is 9.98 Å². The van der Waals surface area contributed by atoms with E-state index < -0.39 is 0 Å². The number of nitrogens with one attached hydrogen (secondary N) is 1. The van der Waals surface area contributed by atoms with Gasteiger partial charge in [-0.3, -0.25) is 4.79 Å². The van der Waals surface area contributed by atoms with Crippen molar-refractivity contribution in [2.45, 2.75) is 19.3 Å². The first-order valence-electron chi connectivity index (χ1n) is 7.31. The van der Waals surface area contributed by atoms with Gasteiger partial charge in [-0.15, -0.1) is 0 Å². The van der Waals surface area contributed by atoms with Gasteiger partial charge in [-0.2, -0.15) is 0 Å². The van der Waals surface area contributed by atoms with Gasteiger partial charge >= 0.3 is 0 Å². The van der Waals surface area contributed by atoms with Crippen molar-refractivity contribution < 1.29 is 4.79 Å². The van der Waals surface area contributed by atoms with Crippen LogP contribution < -0.4 is 11.1 Å². The summed E-state index contributed by atoms with van der Waals surface area (Å²) in [4.78, 5) is 22.2. The van der Waals surface area contributed by atoms with Crippen LogP contribution in [0.25, 0.3) is 6.08 Å². The lowest BCUT2D eigenvalue weighted by molar-refractivity contribution is -0.115. The number of carbonyl (C=O) groups excluding carboxylic acids is 1. The van der Waals surface area contributed by atoms with Crippen molar-refractivity contribution in [1.82, 2.24) is 10.3 Å². The number of aliphatic imine (C=N–C) groups is 1. The molecule has 0 saturated carbocycles. The standard InChI is InChI=1S/C16H14N4OS2/c17-15-18-8-10(22-15)7-13-14(21)20-16(23-13)19-12-6-2-4-9-3-1-5-11(9)12/h2,4,6-8H,1,3,5H2,(H2,17,18)(H,19,20,21). The summed E-state index contributed by atoms with van der Waals surface area (Å²) >= 11 is 2.71. The third-order valence-electron chi connectivity index (χ3n) is 3.81. The zero-order valence-corrected chi connectivity index (χ0v) is 13.8. The molecule has 1 aliphatic heterocycles. The summed E-state index contributed by atoms with van der Waals surface area (Å²) in [7, 11) is 0. The van der Waals surface area contributed by atoms with E-state index in [-0.39, 0.29) is 5.91 Å². The Kier molecular flexibility index (Phi) is 3.66. The lowest BCUT2D eigenvalue weighted by Crippen LogP contribution is -2.19. The third kappa shape index (κ3) is 2.89. The maximum atomic E-state index is 12.1. The van der Waals surface area contributed by atoms with Crippen LogP contribution in [0.1, 0.15) is 22.4 Å². The Morgan fingerprint density at radius 2 is 2.26 bits per heavy atom. The molecule has 3 N–H and O–H groups in total. The SMILES string of the molecule is Nc1ncc(C=C2SC(=Nc3cccc4c3CCC4)NC2=O)s1. The molecule has 116 valence electrons. The summed E-state index contributed by atoms with van der Waals surface area (Å²) in [6.45, 7) is 0. The zero-order valence-electron chi connectivity index (χ0n) is 12.2. The Hall–Kier alpha value is -2.12. The molecule has 2 aliphatic rings. The van der Waals surface area contributed by atoms with Gasteiger partial charge in [-0.1, -0.05) is 23.5 Å². The molecule has 0 bridgehead atoms. The Morgan fingerprint density at radius 1 is 1.35 bits per heavy atom. The van der Waals surface area contributed by atoms with Crippen molar-refractivity contribution in [3.05, 3.63) is 45.3 Å². The van der Waals surface area contributed by atoms with Gasteiger partial charge in [0, 0.05) is 6.20 Å². The average molecular weight is 342 g/mol. The zero-order chi connectivity index (χ0) is 15.8. The Bertz CT molecular complexity index is 854. The van der Waals surface area contributed by atoms with Crippen LogP contribution in [0, 0.1) is 0 Å². The summed E-state index contributed by atoms with van der Waals surface area (Å²) < 4.78 is 0. The highest BCUT2D eigenvalue weighted by Gasteiger charge is 2.25. The topological polar surface area (TPSA) is 80.4 Å². The van der Waals surface area contributed by atoms with Crippen LogP contribution in [0.5, 0.6) is 0 Å². The number of anilines is 1. The monoisotopic (exact) mass is 342 g/mol. The normalized spacial score (nSPS) is 20.3. The van der Waals surface area contributed by atoms with Crippen LogP contribution in [0.15, 0.2) is 34.3 Å². The number of aromatic nitrogens is 1. The summed E-state index contributed by atoms with van der Waals surface area (Å²) in [5, 5.41) is 3.95. The number of amidine groups is 1. The Balaban J connectivity index is 1.61. The molecular weight excluding hydrogens is 328 g/mol. The summed E-state index contributed by atoms with van der Waals surface area (Å²) in [5.74, 6) is -0.131. The maximum Gasteiger partial charge on any atom is 0.264 e. The molecule has 0 spiro atoms. The minimum Gasteiger partial charge on any atom is -0.375 e. The Morgan fingerprint density at radius 3 is 3.09 bits per heavy atom. The highest BCUT2D eigenvalue weighted by atomic mass is 32.2. The number of hydrogen-bond acceptors (Lipinski definition) is 6. The van der Waals surface area contributed by atoms with Crippen LogP contribution in [-0.2, 0) is 17.6 Å². The highest BCUT2D eigenvalue weighted by Crippen LogP contribution is 2.34. The van der Waals surface area contributed by atoms with Crippen molar-refractivity contribution in [3.8, 4) is 0 Å². The van der Waals surface area contributed by atoms with Gasteiger partial charge < -0.3 is 11.1 Å². The number of nitrogens with zero attached hydrogens (tertiary/aromatic N) is 2. The number of nitrogen functional groups attached to an aromatic ring is 1. The first-order valence-corrected chi connectivity index (χ1v) is 8.94. The van der Waals surface area contributed by atoms with E-state index in [0.717, 1.165) is 23.4 Å². The second-order valence-electron chi connectivity index (χ2n) is 5.35. The number of aryl methyl sites for hydroxylation is 1. The van der Waals surface area contributed by atoms with Crippen LogP contribution in [-0.4, -0.2) is 16.1 Å². The van der Waals surface area contributed by atoms with Gasteiger partial charge in [-0.05, 0) is 54.3 Å². The molecule has 0 radical (unpaired) electrons. The lowest BCUT2D eigenvalue weighted by atomic mass is 10.1. The quantitative estimate of drug-likeness (QED) is 0.822. The van der Waals surface area contributed by atoms with E-state index >= 15 is 0 Å². The van der Waals surface area contributed by atoms with Gasteiger partial charge in [0.05, 0.1) is 15.5 Å². The van der Waals surface area contributed by atoms with E-state index in [0.29, 0.717) is 15.2 Å². The molecule has 2 heterocycles. The van der Waals surface area contributed by atoms with E-state index in [4.69, 9.17) is 5.73 Å². The number of hydrogen-bond donors (Lipinski definition) is 2. The smallest absolute Gasteiger partial charge is 0.264 e. The largest absolute Gasteiger partial charge is 0.375 e. The predicted octanol–water partition coefficient (Wildman–Crippen LogP) is 3.11. The van der Waals surface area contributed by atoms with Crippen molar-refractivity contribution >= 4 is 51.1 Å². The van der Waals surface area contributed by atoms with Crippen molar-refractivity contribution in [2.24, 2.45) is 4.99 Å². The third-order valence-corrected chi connectivity index (χ3v) is 5.49. The molecular formula is C16H14N4OS2. The van der Waals surface area contributed by atoms with Crippen LogP contribution in [0.3, 0.4) is 0 Å². The molecule has 0 unspecified atom stereocenters. The second-order valence-corrected chi connectivity index (χ2v) is 7.48. The molecule has 7 heteroatoms. The number of carbonyl (C=O) groups is 1. The number of amides is 1. The number of benzene rings is 1. The maximum absolute atomic E-state index is 12.1. The number of nitrogens with two attached hydrogens (primary N) is 1. The van der Waals surface area contributed by atoms with Gasteiger partial charge in [0.15, 0.2) is 10.3 Å². The molecule has 1 saturated heterocycles. The molecule has 1 aliphatic carbocycles. The molecule has 0 atom stereocenters. The molecule has 1 aromatic carbocycles. The fraction of sp³-hybridized carbons (Fsp3) is 0.188. The molecule has 23 heavy (non-hydrogen) atoms. The fourth-order valence-electron chi connectivity index (χ4n) is 2.79. The van der Waals surface area contributed by atoms with Crippen molar-refractivity contribution in [1.29, 1.82) is 0 Å². The first-order chi connectivity index (χ1) is 11.2. The van der Waals surface area contributed by atoms with E-state index in [9.17, 15) is 4.79 Å². The number of fused-ring (bicyclic) bond motifs is 1. The molecule has 2 aromatic rings. The van der Waals surface area contributed by atoms with Crippen molar-refractivity contribution in [2.75, 3.05) is 5.73 Å². The molecule has 4 rings (SSSR count). The van der Waals surface area contributed by atoms with E-state index in [1.165, 1.54) is 40.6 Å². The van der Waals surface area contributed by atoms with E-state index in [1.807, 2.05) is 12.1 Å². The second kappa shape index (κ2) is 5.82. The summed E-state index contributed by atoms with van der Waals surface area (Å²) in [5.41, 5.74) is 9.26. The molecule has 1 fully saturated rings. The number of thiazole rings is 1. The average Bonchev–Trinajstić information content (AvgIpc) is 3.22. The summed E-state index contributed by atoms with van der Waals surface area (Å²) in [6.07, 6.45) is 6.82. The minimum atomic E-state index is -0.131. The molecule has 1 aromatic heterocycles. The van der Waals surface area contributed by atoms with Crippen LogP contribution in [0.4, 0.5) is 10.8 Å². The summed E-state index contributed by atoms with van der Waals surface area (Å²) in [6, 6.07) is 6.20. The lowest BCUT2D eigenvalue weighted by Gasteiger charge is -2.03. The van der Waals surface area contributed by atoms with Crippen LogP contribution in [0.2, 0.25) is 0 Å². The van der Waals surface area contributed by atoms with Gasteiger partial charge in [0.25, 0.3) is 5.91 Å². The molecule has 1 amide bonds. The fourth-order valence-corrected chi connectivity index (χ4v) is 4.32. The number of thioether (sulfide) groups is 1. The van der Waals surface area contributed by atoms with Gasteiger partial charge in [0.2, 0.25) is 0 Å². The van der Waals surface area contributed by atoms with Crippen molar-refractivity contribution in [3.63, 3.8) is 0 Å². The number of rotatable bonds is 2. The van der Waals surface area contributed by atoms with Crippen LogP contribution >= 0.6 is 23.1 Å². The predicted molar refractivity (Wildman–Crippen MR) is 95.8 cm³/mol. The van der Waals surface area contributed by atoms with Gasteiger partial charge in [0.1, 0.15) is 0 Å². The first kappa shape index (κ1) is 14.5. The van der Waals surface area contributed by atoms with E-state index in [1.54, 1.807) is 12.3 Å². The molecule has 5 nitrogen and oxygen atoms in total. The minimum absolute atomic E-state index is 0.131. The highest BCUT2D eigenvalue weighted by molar-refractivity contribution is 8.18. The van der Waals surface area contributed by atoms with E-state index in [2.05, 4.69) is 21.4 Å².